The molecule has 3 aliphatic rings. The minimum absolute atomic E-state index is 0.0223. The van der Waals surface area contributed by atoms with E-state index >= 15 is 0 Å². The Labute approximate surface area is 190 Å². The van der Waals surface area contributed by atoms with E-state index in [9.17, 15) is 14.4 Å². The summed E-state index contributed by atoms with van der Waals surface area (Å²) in [5.74, 6) is 0.165. The molecule has 3 atom stereocenters. The summed E-state index contributed by atoms with van der Waals surface area (Å²) >= 11 is 0. The summed E-state index contributed by atoms with van der Waals surface area (Å²) in [6.07, 6.45) is 3.76. The van der Waals surface area contributed by atoms with Gasteiger partial charge in [0.15, 0.2) is 0 Å². The number of morpholine rings is 1. The molecule has 0 bridgehead atoms. The van der Waals surface area contributed by atoms with Gasteiger partial charge in [-0.1, -0.05) is 30.3 Å². The molecule has 0 aromatic heterocycles. The van der Waals surface area contributed by atoms with Crippen molar-refractivity contribution in [1.29, 1.82) is 0 Å². The van der Waals surface area contributed by atoms with Crippen LogP contribution in [0.5, 0.6) is 0 Å². The highest BCUT2D eigenvalue weighted by molar-refractivity contribution is 5.89. The number of carbonyl (C=O) groups is 3. The van der Waals surface area contributed by atoms with Crippen LogP contribution in [-0.4, -0.2) is 77.4 Å². The fourth-order valence-electron chi connectivity index (χ4n) is 5.33. The average molecular weight is 442 g/mol. The molecular formula is C25H35N3O4. The van der Waals surface area contributed by atoms with Gasteiger partial charge in [0.2, 0.25) is 17.7 Å². The number of hydrogen-bond acceptors (Lipinski definition) is 4. The summed E-state index contributed by atoms with van der Waals surface area (Å²) in [4.78, 5) is 44.9. The highest BCUT2D eigenvalue weighted by atomic mass is 16.5. The highest BCUT2D eigenvalue weighted by Gasteiger charge is 2.38. The first-order valence-corrected chi connectivity index (χ1v) is 12.0. The van der Waals surface area contributed by atoms with Crippen molar-refractivity contribution in [2.24, 2.45) is 5.92 Å². The van der Waals surface area contributed by atoms with Crippen LogP contribution in [0.3, 0.4) is 0 Å². The molecule has 0 N–H and O–H groups in total. The molecule has 174 valence electrons. The van der Waals surface area contributed by atoms with Gasteiger partial charge in [0.05, 0.1) is 12.2 Å². The van der Waals surface area contributed by atoms with E-state index in [2.05, 4.69) is 0 Å². The fourth-order valence-corrected chi connectivity index (χ4v) is 5.33. The molecule has 0 radical (unpaired) electrons. The molecule has 3 heterocycles. The van der Waals surface area contributed by atoms with Gasteiger partial charge in [-0.15, -0.1) is 0 Å². The number of likely N-dealkylation sites (tertiary alicyclic amines) is 2. The summed E-state index contributed by atoms with van der Waals surface area (Å²) in [7, 11) is 0. The van der Waals surface area contributed by atoms with Crippen molar-refractivity contribution in [3.63, 3.8) is 0 Å². The number of hydrogen-bond donors (Lipinski definition) is 0. The van der Waals surface area contributed by atoms with Gasteiger partial charge in [-0.25, -0.2) is 0 Å². The number of rotatable bonds is 4. The highest BCUT2D eigenvalue weighted by Crippen LogP contribution is 2.30. The Bertz CT molecular complexity index is 812. The lowest BCUT2D eigenvalue weighted by Crippen LogP contribution is -2.53. The fraction of sp³-hybridized carbons (Fsp3) is 0.640. The number of ether oxygens (including phenoxy) is 1. The molecule has 32 heavy (non-hydrogen) atoms. The standard InChI is InChI=1S/C25H35N3O4/c1-18-16-27(17-19(2)32-18)24(30)21-11-14-26(15-12-21)25(31)23(20-8-4-3-5-9-20)28-13-7-6-10-22(28)29/h3-5,8-9,18-19,21,23H,6-7,10-17H2,1-2H3. The summed E-state index contributed by atoms with van der Waals surface area (Å²) in [5, 5.41) is 0. The third-order valence-electron chi connectivity index (χ3n) is 6.91. The first-order valence-electron chi connectivity index (χ1n) is 12.0. The predicted molar refractivity (Wildman–Crippen MR) is 121 cm³/mol. The van der Waals surface area contributed by atoms with E-state index in [0.29, 0.717) is 52.0 Å². The van der Waals surface area contributed by atoms with Gasteiger partial charge in [-0.2, -0.15) is 0 Å². The van der Waals surface area contributed by atoms with Gasteiger partial charge >= 0.3 is 0 Å². The second kappa shape index (κ2) is 10.0. The molecule has 3 aliphatic heterocycles. The maximum atomic E-state index is 13.6. The van der Waals surface area contributed by atoms with E-state index in [1.165, 1.54) is 0 Å². The first kappa shape index (κ1) is 22.8. The van der Waals surface area contributed by atoms with Crippen molar-refractivity contribution < 1.29 is 19.1 Å². The minimum Gasteiger partial charge on any atom is -0.372 e. The summed E-state index contributed by atoms with van der Waals surface area (Å²) < 4.78 is 5.76. The van der Waals surface area contributed by atoms with Crippen LogP contribution in [0, 0.1) is 5.92 Å². The van der Waals surface area contributed by atoms with Crippen LogP contribution in [0.25, 0.3) is 0 Å². The van der Waals surface area contributed by atoms with Crippen LogP contribution in [-0.2, 0) is 19.1 Å². The van der Waals surface area contributed by atoms with Gasteiger partial charge < -0.3 is 19.4 Å². The van der Waals surface area contributed by atoms with Crippen LogP contribution in [0.4, 0.5) is 0 Å². The van der Waals surface area contributed by atoms with Gasteiger partial charge in [-0.05, 0) is 45.1 Å². The molecule has 1 aromatic carbocycles. The van der Waals surface area contributed by atoms with Crippen LogP contribution < -0.4 is 0 Å². The predicted octanol–water partition coefficient (Wildman–Crippen LogP) is 2.61. The van der Waals surface area contributed by atoms with Crippen molar-refractivity contribution in [3.8, 4) is 0 Å². The van der Waals surface area contributed by atoms with Gasteiger partial charge in [0, 0.05) is 45.1 Å². The molecule has 0 spiro atoms. The van der Waals surface area contributed by atoms with E-state index in [0.717, 1.165) is 18.4 Å². The Morgan fingerprint density at radius 3 is 2.22 bits per heavy atom. The first-order chi connectivity index (χ1) is 15.4. The lowest BCUT2D eigenvalue weighted by molar-refractivity contribution is -0.152. The molecule has 7 heteroatoms. The number of nitrogens with zero attached hydrogens (tertiary/aromatic N) is 3. The lowest BCUT2D eigenvalue weighted by Gasteiger charge is -2.41. The van der Waals surface area contributed by atoms with E-state index in [4.69, 9.17) is 4.74 Å². The quantitative estimate of drug-likeness (QED) is 0.720. The number of piperidine rings is 2. The Kier molecular flexibility index (Phi) is 7.13. The molecule has 7 nitrogen and oxygen atoms in total. The zero-order valence-electron chi connectivity index (χ0n) is 19.2. The van der Waals surface area contributed by atoms with Gasteiger partial charge in [0.1, 0.15) is 6.04 Å². The zero-order valence-corrected chi connectivity index (χ0v) is 19.2. The molecule has 3 fully saturated rings. The molecule has 4 rings (SSSR count). The lowest BCUT2D eigenvalue weighted by atomic mass is 9.93. The Hall–Kier alpha value is -2.41. The number of amides is 3. The van der Waals surface area contributed by atoms with Crippen molar-refractivity contribution in [2.45, 2.75) is 64.2 Å². The molecule has 0 saturated carbocycles. The van der Waals surface area contributed by atoms with Gasteiger partial charge in [-0.3, -0.25) is 14.4 Å². The third kappa shape index (κ3) is 4.98. The number of carbonyl (C=O) groups excluding carboxylic acids is 3. The number of benzene rings is 1. The van der Waals surface area contributed by atoms with Crippen molar-refractivity contribution in [1.82, 2.24) is 14.7 Å². The Morgan fingerprint density at radius 1 is 0.938 bits per heavy atom. The van der Waals surface area contributed by atoms with E-state index in [1.54, 1.807) is 4.90 Å². The molecule has 3 unspecified atom stereocenters. The summed E-state index contributed by atoms with van der Waals surface area (Å²) in [5.41, 5.74) is 0.863. The van der Waals surface area contributed by atoms with Crippen molar-refractivity contribution in [2.75, 3.05) is 32.7 Å². The second-order valence-corrected chi connectivity index (χ2v) is 9.46. The van der Waals surface area contributed by atoms with Crippen LogP contribution in [0.15, 0.2) is 30.3 Å². The van der Waals surface area contributed by atoms with Gasteiger partial charge in [0.25, 0.3) is 0 Å². The van der Waals surface area contributed by atoms with Crippen LogP contribution in [0.2, 0.25) is 0 Å². The van der Waals surface area contributed by atoms with Crippen LogP contribution >= 0.6 is 0 Å². The summed E-state index contributed by atoms with van der Waals surface area (Å²) in [6.45, 7) is 7.00. The average Bonchev–Trinajstić information content (AvgIpc) is 2.80. The normalized spacial score (nSPS) is 26.2. The molecule has 0 aliphatic carbocycles. The summed E-state index contributed by atoms with van der Waals surface area (Å²) in [6, 6.07) is 9.05. The van der Waals surface area contributed by atoms with Crippen molar-refractivity contribution >= 4 is 17.7 Å². The smallest absolute Gasteiger partial charge is 0.250 e. The maximum Gasteiger partial charge on any atom is 0.250 e. The monoisotopic (exact) mass is 441 g/mol. The molecule has 3 amide bonds. The Morgan fingerprint density at radius 2 is 1.59 bits per heavy atom. The zero-order chi connectivity index (χ0) is 22.7. The molecule has 3 saturated heterocycles. The SMILES string of the molecule is CC1CN(C(=O)C2CCN(C(=O)C(c3ccccc3)N3CCCCC3=O)CC2)CC(C)O1. The topological polar surface area (TPSA) is 70.2 Å². The maximum absolute atomic E-state index is 13.6. The van der Waals surface area contributed by atoms with Crippen molar-refractivity contribution in [3.05, 3.63) is 35.9 Å². The molecular weight excluding hydrogens is 406 g/mol. The van der Waals surface area contributed by atoms with E-state index in [1.807, 2.05) is 54.0 Å². The minimum atomic E-state index is -0.572. The third-order valence-corrected chi connectivity index (χ3v) is 6.91. The van der Waals surface area contributed by atoms with Crippen LogP contribution in [0.1, 0.15) is 57.6 Å². The second-order valence-electron chi connectivity index (χ2n) is 9.46. The molecule has 1 aromatic rings. The van der Waals surface area contributed by atoms with E-state index in [-0.39, 0.29) is 35.8 Å². The Balaban J connectivity index is 1.42. The largest absolute Gasteiger partial charge is 0.372 e. The van der Waals surface area contributed by atoms with E-state index < -0.39 is 6.04 Å².